The second-order valence-corrected chi connectivity index (χ2v) is 17.3. The van der Waals surface area contributed by atoms with Crippen LogP contribution in [0.4, 0.5) is 0 Å². The van der Waals surface area contributed by atoms with E-state index >= 15 is 0 Å². The van der Waals surface area contributed by atoms with Crippen molar-refractivity contribution in [3.05, 3.63) is 181 Å². The fourth-order valence-corrected chi connectivity index (χ4v) is 11.5. The fraction of sp³-hybridized carbons (Fsp3) is 0.0556. The molecule has 0 fully saturated rings. The molecule has 0 atom stereocenters. The zero-order valence-corrected chi connectivity index (χ0v) is 32.3. The Morgan fingerprint density at radius 3 is 1.88 bits per heavy atom. The number of aromatic nitrogens is 2. The number of pyridine rings is 1. The standard InChI is InChI=1S/C54H34N2S/c1-54(2)43-21-11-9-20-41(43)50-42(32-23-25-38-37-18-10-12-22-46(37)57-47(38)29-32)30-48(55-53(50)54)56-44-27-24-31-13-3-4-14-33(31)51(44)52-45(56)28-26-40-36-17-6-5-15-34(36)35-16-7-8-19-39(35)49(40)52/h3-30H,1-2H3. The highest BCUT2D eigenvalue weighted by Crippen LogP contribution is 2.53. The Balaban J connectivity index is 1.20. The quantitative estimate of drug-likeness (QED) is 0.161. The van der Waals surface area contributed by atoms with Crippen LogP contribution >= 0.6 is 11.3 Å². The first-order valence-electron chi connectivity index (χ1n) is 19.8. The van der Waals surface area contributed by atoms with Gasteiger partial charge < -0.3 is 0 Å². The second-order valence-electron chi connectivity index (χ2n) is 16.2. The van der Waals surface area contributed by atoms with Crippen LogP contribution in [-0.2, 0) is 5.41 Å². The molecule has 3 heteroatoms. The van der Waals surface area contributed by atoms with Gasteiger partial charge >= 0.3 is 0 Å². The number of fused-ring (bicyclic) bond motifs is 18. The Hall–Kier alpha value is -6.81. The third-order valence-corrected chi connectivity index (χ3v) is 14.0. The van der Waals surface area contributed by atoms with E-state index < -0.39 is 0 Å². The van der Waals surface area contributed by atoms with Crippen LogP contribution in [0.1, 0.15) is 25.1 Å². The van der Waals surface area contributed by atoms with Gasteiger partial charge in [-0.2, -0.15) is 0 Å². The largest absolute Gasteiger partial charge is 0.294 e. The number of nitrogens with zero attached hydrogens (tertiary/aromatic N) is 2. The molecule has 0 N–H and O–H groups in total. The third-order valence-electron chi connectivity index (χ3n) is 12.9. The Kier molecular flexibility index (Phi) is 6.15. The van der Waals surface area contributed by atoms with E-state index in [9.17, 15) is 0 Å². The fourth-order valence-electron chi connectivity index (χ4n) is 10.4. The minimum absolute atomic E-state index is 0.286. The molecule has 0 saturated heterocycles. The predicted molar refractivity (Wildman–Crippen MR) is 244 cm³/mol. The molecule has 13 rings (SSSR count). The molecular formula is C54H34N2S. The van der Waals surface area contributed by atoms with Gasteiger partial charge in [-0.3, -0.25) is 4.57 Å². The number of benzene rings is 9. The van der Waals surface area contributed by atoms with Gasteiger partial charge in [-0.1, -0.05) is 153 Å². The molecule has 266 valence electrons. The molecule has 2 nitrogen and oxygen atoms in total. The maximum absolute atomic E-state index is 5.78. The van der Waals surface area contributed by atoms with E-state index in [4.69, 9.17) is 4.98 Å². The van der Waals surface area contributed by atoms with Gasteiger partial charge in [-0.25, -0.2) is 4.98 Å². The van der Waals surface area contributed by atoms with Crippen LogP contribution in [0.5, 0.6) is 0 Å². The molecule has 0 saturated carbocycles. The van der Waals surface area contributed by atoms with Crippen molar-refractivity contribution in [2.45, 2.75) is 19.3 Å². The van der Waals surface area contributed by atoms with Crippen molar-refractivity contribution in [2.24, 2.45) is 0 Å². The summed E-state index contributed by atoms with van der Waals surface area (Å²) < 4.78 is 5.09. The molecule has 0 bridgehead atoms. The van der Waals surface area contributed by atoms with E-state index in [1.807, 2.05) is 11.3 Å². The second kappa shape index (κ2) is 11.2. The summed E-state index contributed by atoms with van der Waals surface area (Å²) >= 11 is 1.88. The summed E-state index contributed by atoms with van der Waals surface area (Å²) in [6, 6.07) is 63.2. The monoisotopic (exact) mass is 742 g/mol. The Labute approximate surface area is 332 Å². The predicted octanol–water partition coefficient (Wildman–Crippen LogP) is 15.1. The molecule has 3 aromatic heterocycles. The molecule has 0 spiro atoms. The molecule has 9 aromatic carbocycles. The molecule has 0 unspecified atom stereocenters. The van der Waals surface area contributed by atoms with Gasteiger partial charge in [0.2, 0.25) is 0 Å². The van der Waals surface area contributed by atoms with Crippen molar-refractivity contribution >= 4 is 96.4 Å². The van der Waals surface area contributed by atoms with Crippen molar-refractivity contribution in [3.8, 4) is 28.1 Å². The average molecular weight is 743 g/mol. The zero-order valence-electron chi connectivity index (χ0n) is 31.5. The molecule has 57 heavy (non-hydrogen) atoms. The molecule has 1 aliphatic rings. The lowest BCUT2D eigenvalue weighted by atomic mass is 9.85. The molecule has 12 aromatic rings. The van der Waals surface area contributed by atoms with Crippen LogP contribution in [0.25, 0.3) is 113 Å². The van der Waals surface area contributed by atoms with E-state index in [0.29, 0.717) is 0 Å². The lowest BCUT2D eigenvalue weighted by Gasteiger charge is -2.22. The van der Waals surface area contributed by atoms with Crippen LogP contribution in [0.2, 0.25) is 0 Å². The maximum Gasteiger partial charge on any atom is 0.138 e. The van der Waals surface area contributed by atoms with Crippen LogP contribution in [0.3, 0.4) is 0 Å². The van der Waals surface area contributed by atoms with Gasteiger partial charge in [0.05, 0.1) is 16.7 Å². The topological polar surface area (TPSA) is 17.8 Å². The normalized spacial score (nSPS) is 13.6. The highest BCUT2D eigenvalue weighted by atomic mass is 32.1. The number of hydrogen-bond acceptors (Lipinski definition) is 2. The van der Waals surface area contributed by atoms with Crippen LogP contribution < -0.4 is 0 Å². The smallest absolute Gasteiger partial charge is 0.138 e. The molecule has 0 aliphatic heterocycles. The highest BCUT2D eigenvalue weighted by Gasteiger charge is 2.39. The highest BCUT2D eigenvalue weighted by molar-refractivity contribution is 7.25. The van der Waals surface area contributed by atoms with Crippen molar-refractivity contribution < 1.29 is 0 Å². The van der Waals surface area contributed by atoms with Gasteiger partial charge in [-0.15, -0.1) is 11.3 Å². The molecule has 1 aliphatic carbocycles. The van der Waals surface area contributed by atoms with Gasteiger partial charge in [0.1, 0.15) is 5.82 Å². The first-order valence-corrected chi connectivity index (χ1v) is 20.6. The molecular weight excluding hydrogens is 709 g/mol. The number of hydrogen-bond donors (Lipinski definition) is 0. The summed E-state index contributed by atoms with van der Waals surface area (Å²) in [5.41, 5.74) is 9.46. The van der Waals surface area contributed by atoms with E-state index in [1.165, 1.54) is 113 Å². The maximum atomic E-state index is 5.78. The molecule has 0 radical (unpaired) electrons. The van der Waals surface area contributed by atoms with Gasteiger partial charge in [0.15, 0.2) is 0 Å². The van der Waals surface area contributed by atoms with E-state index in [0.717, 1.165) is 11.5 Å². The number of thiophene rings is 1. The summed E-state index contributed by atoms with van der Waals surface area (Å²) in [5, 5.41) is 15.4. The summed E-state index contributed by atoms with van der Waals surface area (Å²) in [7, 11) is 0. The van der Waals surface area contributed by atoms with Crippen LogP contribution in [0.15, 0.2) is 170 Å². The molecule has 0 amide bonds. The van der Waals surface area contributed by atoms with Crippen LogP contribution in [-0.4, -0.2) is 9.55 Å². The summed E-state index contributed by atoms with van der Waals surface area (Å²) in [5.74, 6) is 0.945. The van der Waals surface area contributed by atoms with Crippen molar-refractivity contribution in [1.82, 2.24) is 9.55 Å². The summed E-state index contributed by atoms with van der Waals surface area (Å²) in [4.78, 5) is 5.78. The van der Waals surface area contributed by atoms with Gasteiger partial charge in [0, 0.05) is 47.3 Å². The first kappa shape index (κ1) is 31.4. The van der Waals surface area contributed by atoms with E-state index in [1.54, 1.807) is 0 Å². The van der Waals surface area contributed by atoms with E-state index in [2.05, 4.69) is 188 Å². The first-order chi connectivity index (χ1) is 28.0. The molecule has 3 heterocycles. The lowest BCUT2D eigenvalue weighted by molar-refractivity contribution is 0.635. The zero-order chi connectivity index (χ0) is 37.6. The van der Waals surface area contributed by atoms with Crippen molar-refractivity contribution in [3.63, 3.8) is 0 Å². The van der Waals surface area contributed by atoms with Gasteiger partial charge in [-0.05, 0) is 90.3 Å². The van der Waals surface area contributed by atoms with Crippen LogP contribution in [0, 0.1) is 0 Å². The third kappa shape index (κ3) is 4.11. The lowest BCUT2D eigenvalue weighted by Crippen LogP contribution is -2.18. The Bertz CT molecular complexity index is 3690. The summed E-state index contributed by atoms with van der Waals surface area (Å²) in [6.45, 7) is 4.69. The minimum atomic E-state index is -0.286. The Morgan fingerprint density at radius 1 is 0.456 bits per heavy atom. The van der Waals surface area contributed by atoms with Gasteiger partial charge in [0.25, 0.3) is 0 Å². The Morgan fingerprint density at radius 2 is 1.05 bits per heavy atom. The van der Waals surface area contributed by atoms with Crippen molar-refractivity contribution in [2.75, 3.05) is 0 Å². The average Bonchev–Trinajstić information content (AvgIpc) is 3.88. The van der Waals surface area contributed by atoms with Crippen molar-refractivity contribution in [1.29, 1.82) is 0 Å². The minimum Gasteiger partial charge on any atom is -0.294 e. The van der Waals surface area contributed by atoms with E-state index in [-0.39, 0.29) is 5.41 Å². The SMILES string of the molecule is CC1(C)c2ccccc2-c2c(-c3ccc4c(c3)sc3ccccc34)cc(-n3c4ccc5ccccc5c4c4c5c6ccccc6c6ccccc6c5ccc43)nc21. The number of rotatable bonds is 2. The summed E-state index contributed by atoms with van der Waals surface area (Å²) in [6.07, 6.45) is 0.